The molecule has 0 radical (unpaired) electrons. The van der Waals surface area contributed by atoms with E-state index < -0.39 is 0 Å². The molecule has 0 saturated carbocycles. The Hall–Kier alpha value is -2.25. The first-order valence-corrected chi connectivity index (χ1v) is 10.7. The third-order valence-corrected chi connectivity index (χ3v) is 6.00. The SMILES string of the molecule is CCN(CC)CCN(C(=O)c1cc(C)nn1CC)c1nc2ccc(C)cc2s1. The quantitative estimate of drug-likeness (QED) is 0.572. The largest absolute Gasteiger partial charge is 0.302 e. The van der Waals surface area contributed by atoms with E-state index in [1.54, 1.807) is 16.0 Å². The summed E-state index contributed by atoms with van der Waals surface area (Å²) in [6, 6.07) is 8.08. The fourth-order valence-electron chi connectivity index (χ4n) is 3.30. The topological polar surface area (TPSA) is 54.3 Å². The van der Waals surface area contributed by atoms with E-state index in [1.165, 1.54) is 5.56 Å². The van der Waals surface area contributed by atoms with Crippen LogP contribution in [-0.4, -0.2) is 51.8 Å². The molecule has 0 atom stereocenters. The van der Waals surface area contributed by atoms with Crippen molar-refractivity contribution < 1.29 is 4.79 Å². The van der Waals surface area contributed by atoms with Gasteiger partial charge in [-0.1, -0.05) is 31.3 Å². The lowest BCUT2D eigenvalue weighted by Gasteiger charge is -2.24. The molecule has 7 heteroatoms. The highest BCUT2D eigenvalue weighted by molar-refractivity contribution is 7.22. The van der Waals surface area contributed by atoms with E-state index in [2.05, 4.69) is 42.9 Å². The Morgan fingerprint density at radius 3 is 2.54 bits per heavy atom. The van der Waals surface area contributed by atoms with E-state index in [0.29, 0.717) is 18.8 Å². The summed E-state index contributed by atoms with van der Waals surface area (Å²) in [4.78, 5) is 22.4. The number of hydrogen-bond acceptors (Lipinski definition) is 5. The minimum absolute atomic E-state index is 0.0367. The second-order valence-electron chi connectivity index (χ2n) is 6.94. The molecule has 3 aromatic rings. The highest BCUT2D eigenvalue weighted by atomic mass is 32.1. The Morgan fingerprint density at radius 2 is 1.86 bits per heavy atom. The molecule has 0 unspecified atom stereocenters. The molecule has 0 saturated heterocycles. The lowest BCUT2D eigenvalue weighted by Crippen LogP contribution is -2.39. The molecule has 1 aromatic carbocycles. The molecule has 3 rings (SSSR count). The van der Waals surface area contributed by atoms with Gasteiger partial charge in [0.1, 0.15) is 5.69 Å². The van der Waals surface area contributed by atoms with Crippen molar-refractivity contribution in [2.24, 2.45) is 0 Å². The number of aromatic nitrogens is 3. The van der Waals surface area contributed by atoms with Crippen molar-refractivity contribution in [1.29, 1.82) is 0 Å². The second-order valence-corrected chi connectivity index (χ2v) is 7.95. The number of amides is 1. The zero-order valence-electron chi connectivity index (χ0n) is 17.4. The number of anilines is 1. The minimum atomic E-state index is -0.0367. The molecule has 0 bridgehead atoms. The summed E-state index contributed by atoms with van der Waals surface area (Å²) in [5.41, 5.74) is 3.61. The molecule has 2 aromatic heterocycles. The van der Waals surface area contributed by atoms with Gasteiger partial charge in [-0.2, -0.15) is 5.10 Å². The summed E-state index contributed by atoms with van der Waals surface area (Å²) in [6.07, 6.45) is 0. The van der Waals surface area contributed by atoms with Crippen molar-refractivity contribution in [3.8, 4) is 0 Å². The van der Waals surface area contributed by atoms with Gasteiger partial charge in [0.05, 0.1) is 15.9 Å². The Bertz CT molecular complexity index is 957. The van der Waals surface area contributed by atoms with Crippen LogP contribution in [0.3, 0.4) is 0 Å². The normalized spacial score (nSPS) is 11.5. The zero-order valence-corrected chi connectivity index (χ0v) is 18.2. The number of likely N-dealkylation sites (N-methyl/N-ethyl adjacent to an activating group) is 1. The number of fused-ring (bicyclic) bond motifs is 1. The van der Waals surface area contributed by atoms with Gasteiger partial charge in [-0.3, -0.25) is 14.4 Å². The van der Waals surface area contributed by atoms with E-state index in [9.17, 15) is 4.79 Å². The van der Waals surface area contributed by atoms with Gasteiger partial charge in [0.2, 0.25) is 0 Å². The summed E-state index contributed by atoms with van der Waals surface area (Å²) < 4.78 is 2.88. The number of thiazole rings is 1. The van der Waals surface area contributed by atoms with Crippen molar-refractivity contribution in [1.82, 2.24) is 19.7 Å². The number of hydrogen-bond donors (Lipinski definition) is 0. The van der Waals surface area contributed by atoms with Crippen LogP contribution < -0.4 is 4.90 Å². The molecule has 0 spiro atoms. The van der Waals surface area contributed by atoms with Crippen LogP contribution >= 0.6 is 11.3 Å². The molecule has 0 aliphatic heterocycles. The number of aryl methyl sites for hydroxylation is 3. The molecule has 0 fully saturated rings. The van der Waals surface area contributed by atoms with Crippen LogP contribution in [0.15, 0.2) is 24.3 Å². The number of rotatable bonds is 8. The van der Waals surface area contributed by atoms with Crippen LogP contribution in [0.2, 0.25) is 0 Å². The molecule has 1 amide bonds. The molecule has 2 heterocycles. The van der Waals surface area contributed by atoms with E-state index >= 15 is 0 Å². The van der Waals surface area contributed by atoms with E-state index in [0.717, 1.165) is 40.7 Å². The van der Waals surface area contributed by atoms with Crippen LogP contribution in [0.25, 0.3) is 10.2 Å². The highest BCUT2D eigenvalue weighted by Gasteiger charge is 2.25. The first-order valence-electron chi connectivity index (χ1n) is 9.92. The van der Waals surface area contributed by atoms with Crippen LogP contribution in [0, 0.1) is 13.8 Å². The monoisotopic (exact) mass is 399 g/mol. The summed E-state index contributed by atoms with van der Waals surface area (Å²) in [5.74, 6) is -0.0367. The van der Waals surface area contributed by atoms with Crippen molar-refractivity contribution in [2.45, 2.75) is 41.2 Å². The molecule has 0 aliphatic rings. The molecule has 150 valence electrons. The summed E-state index contributed by atoms with van der Waals surface area (Å²) in [6.45, 7) is 14.3. The Labute approximate surface area is 170 Å². The van der Waals surface area contributed by atoms with E-state index in [1.807, 2.05) is 30.9 Å². The first-order chi connectivity index (χ1) is 13.5. The van der Waals surface area contributed by atoms with Crippen LogP contribution in [0.1, 0.15) is 42.5 Å². The van der Waals surface area contributed by atoms with E-state index in [4.69, 9.17) is 4.98 Å². The summed E-state index contributed by atoms with van der Waals surface area (Å²) in [5, 5.41) is 5.20. The lowest BCUT2D eigenvalue weighted by atomic mass is 10.2. The molecule has 0 aliphatic carbocycles. The Kier molecular flexibility index (Phi) is 6.46. The minimum Gasteiger partial charge on any atom is -0.302 e. The zero-order chi connectivity index (χ0) is 20.3. The molecular weight excluding hydrogens is 370 g/mol. The average Bonchev–Trinajstić information content (AvgIpc) is 3.27. The maximum atomic E-state index is 13.5. The molecule has 0 N–H and O–H groups in total. The number of benzene rings is 1. The van der Waals surface area contributed by atoms with Crippen LogP contribution in [-0.2, 0) is 6.54 Å². The lowest BCUT2D eigenvalue weighted by molar-refractivity contribution is 0.0973. The predicted octanol–water partition coefficient (Wildman–Crippen LogP) is 4.12. The Morgan fingerprint density at radius 1 is 1.11 bits per heavy atom. The average molecular weight is 400 g/mol. The number of carbonyl (C=O) groups is 1. The highest BCUT2D eigenvalue weighted by Crippen LogP contribution is 2.30. The third-order valence-electron chi connectivity index (χ3n) is 4.96. The van der Waals surface area contributed by atoms with Crippen LogP contribution in [0.4, 0.5) is 5.13 Å². The van der Waals surface area contributed by atoms with Crippen molar-refractivity contribution in [2.75, 3.05) is 31.1 Å². The smallest absolute Gasteiger partial charge is 0.278 e. The number of nitrogens with zero attached hydrogens (tertiary/aromatic N) is 5. The van der Waals surface area contributed by atoms with Gasteiger partial charge in [0.15, 0.2) is 5.13 Å². The fourth-order valence-corrected chi connectivity index (χ4v) is 4.39. The summed E-state index contributed by atoms with van der Waals surface area (Å²) in [7, 11) is 0. The van der Waals surface area contributed by atoms with Crippen molar-refractivity contribution in [3.05, 3.63) is 41.2 Å². The molecular formula is C21H29N5OS. The van der Waals surface area contributed by atoms with Gasteiger partial charge < -0.3 is 4.90 Å². The maximum Gasteiger partial charge on any atom is 0.278 e. The third kappa shape index (κ3) is 4.25. The molecule has 28 heavy (non-hydrogen) atoms. The van der Waals surface area contributed by atoms with Gasteiger partial charge in [0.25, 0.3) is 5.91 Å². The number of carbonyl (C=O) groups excluding carboxylic acids is 1. The predicted molar refractivity (Wildman–Crippen MR) is 116 cm³/mol. The van der Waals surface area contributed by atoms with Gasteiger partial charge in [-0.15, -0.1) is 0 Å². The van der Waals surface area contributed by atoms with Gasteiger partial charge in [-0.05, 0) is 57.6 Å². The fraction of sp³-hybridized carbons (Fsp3) is 0.476. The second kappa shape index (κ2) is 8.84. The van der Waals surface area contributed by atoms with Crippen LogP contribution in [0.5, 0.6) is 0 Å². The van der Waals surface area contributed by atoms with Gasteiger partial charge in [-0.25, -0.2) is 4.98 Å². The maximum absolute atomic E-state index is 13.5. The standard InChI is InChI=1S/C21H29N5OS/c1-6-24(7-2)11-12-25(20(27)18-14-16(5)23-26(18)8-3)21-22-17-10-9-15(4)13-19(17)28-21/h9-10,13-14H,6-8,11-12H2,1-5H3. The summed E-state index contributed by atoms with van der Waals surface area (Å²) >= 11 is 1.58. The van der Waals surface area contributed by atoms with Gasteiger partial charge in [0, 0.05) is 19.6 Å². The van der Waals surface area contributed by atoms with Gasteiger partial charge >= 0.3 is 0 Å². The van der Waals surface area contributed by atoms with Crippen molar-refractivity contribution in [3.63, 3.8) is 0 Å². The molecule has 6 nitrogen and oxygen atoms in total. The van der Waals surface area contributed by atoms with Crippen molar-refractivity contribution >= 4 is 32.6 Å². The Balaban J connectivity index is 1.98. The van der Waals surface area contributed by atoms with E-state index in [-0.39, 0.29) is 5.91 Å². The first kappa shape index (κ1) is 20.5.